The fraction of sp³-hybridized carbons (Fsp3) is 0.333. The van der Waals surface area contributed by atoms with Gasteiger partial charge in [0.15, 0.2) is 5.82 Å². The molecular formula is C21H23N3O2. The second-order valence-electron chi connectivity index (χ2n) is 7.85. The van der Waals surface area contributed by atoms with Gasteiger partial charge in [-0.15, -0.1) is 0 Å². The number of carbonyl (C=O) groups is 1. The Hall–Kier alpha value is -2.82. The van der Waals surface area contributed by atoms with E-state index in [1.165, 1.54) is 5.56 Å². The number of allylic oxidation sites excluding steroid dienone is 4. The van der Waals surface area contributed by atoms with Crippen LogP contribution in [0.2, 0.25) is 0 Å². The van der Waals surface area contributed by atoms with Crippen molar-refractivity contribution in [2.45, 2.75) is 38.5 Å². The van der Waals surface area contributed by atoms with Crippen molar-refractivity contribution in [1.82, 2.24) is 10.2 Å². The van der Waals surface area contributed by atoms with Gasteiger partial charge in [0.2, 0.25) is 5.91 Å². The van der Waals surface area contributed by atoms with Crippen LogP contribution < -0.4 is 10.1 Å². The smallest absolute Gasteiger partial charge is 0.226 e. The minimum absolute atomic E-state index is 0.0131. The fourth-order valence-electron chi connectivity index (χ4n) is 3.57. The molecule has 1 aliphatic heterocycles. The third-order valence-electron chi connectivity index (χ3n) is 5.11. The third-order valence-corrected chi connectivity index (χ3v) is 5.11. The highest BCUT2D eigenvalue weighted by Crippen LogP contribution is 2.45. The Morgan fingerprint density at radius 3 is 2.65 bits per heavy atom. The van der Waals surface area contributed by atoms with Gasteiger partial charge in [0, 0.05) is 23.5 Å². The van der Waals surface area contributed by atoms with E-state index in [-0.39, 0.29) is 17.2 Å². The zero-order chi connectivity index (χ0) is 18.5. The quantitative estimate of drug-likeness (QED) is 0.875. The summed E-state index contributed by atoms with van der Waals surface area (Å²) < 4.78 is 5.64. The molecule has 0 bridgehead atoms. The lowest BCUT2D eigenvalue weighted by Crippen LogP contribution is -2.24. The van der Waals surface area contributed by atoms with Crippen LogP contribution in [0.1, 0.15) is 55.5 Å². The van der Waals surface area contributed by atoms with Crippen molar-refractivity contribution >= 4 is 17.3 Å². The minimum atomic E-state index is -0.0975. The second kappa shape index (κ2) is 5.87. The molecule has 1 aromatic carbocycles. The van der Waals surface area contributed by atoms with E-state index in [1.807, 2.05) is 24.3 Å². The molecular weight excluding hydrogens is 326 g/mol. The lowest BCUT2D eigenvalue weighted by atomic mass is 9.79. The summed E-state index contributed by atoms with van der Waals surface area (Å²) in [7, 11) is 1.67. The number of aromatic amines is 1. The van der Waals surface area contributed by atoms with Crippen LogP contribution in [-0.4, -0.2) is 23.2 Å². The number of amides is 1. The summed E-state index contributed by atoms with van der Waals surface area (Å²) in [6.07, 6.45) is 6.47. The van der Waals surface area contributed by atoms with Crippen LogP contribution in [0, 0.1) is 0 Å². The van der Waals surface area contributed by atoms with Crippen molar-refractivity contribution in [3.8, 4) is 5.75 Å². The Kier molecular flexibility index (Phi) is 3.75. The van der Waals surface area contributed by atoms with E-state index in [0.717, 1.165) is 28.1 Å². The Bertz CT molecular complexity index is 945. The molecule has 1 amide bonds. The van der Waals surface area contributed by atoms with Crippen LogP contribution in [0.5, 0.6) is 5.75 Å². The van der Waals surface area contributed by atoms with Crippen molar-refractivity contribution in [1.29, 1.82) is 0 Å². The number of anilines is 1. The van der Waals surface area contributed by atoms with Crippen molar-refractivity contribution < 1.29 is 9.53 Å². The maximum Gasteiger partial charge on any atom is 0.226 e. The largest absolute Gasteiger partial charge is 0.496 e. The summed E-state index contributed by atoms with van der Waals surface area (Å²) in [5.74, 6) is 1.29. The van der Waals surface area contributed by atoms with Gasteiger partial charge in [0.05, 0.1) is 12.8 Å². The van der Waals surface area contributed by atoms with Gasteiger partial charge in [0.1, 0.15) is 5.75 Å². The molecule has 134 valence electrons. The van der Waals surface area contributed by atoms with Gasteiger partial charge in [-0.1, -0.05) is 51.1 Å². The zero-order valence-corrected chi connectivity index (χ0v) is 15.5. The highest BCUT2D eigenvalue weighted by molar-refractivity contribution is 5.96. The average molecular weight is 349 g/mol. The summed E-state index contributed by atoms with van der Waals surface area (Å²) in [6.45, 7) is 6.56. The average Bonchev–Trinajstić information content (AvgIpc) is 2.94. The molecule has 0 spiro atoms. The third kappa shape index (κ3) is 2.64. The number of H-pyrrole nitrogens is 1. The predicted molar refractivity (Wildman–Crippen MR) is 102 cm³/mol. The highest BCUT2D eigenvalue weighted by Gasteiger charge is 2.34. The van der Waals surface area contributed by atoms with Gasteiger partial charge in [-0.25, -0.2) is 0 Å². The maximum absolute atomic E-state index is 12.3. The van der Waals surface area contributed by atoms with Gasteiger partial charge in [0.25, 0.3) is 0 Å². The van der Waals surface area contributed by atoms with Crippen LogP contribution in [0.25, 0.3) is 5.57 Å². The lowest BCUT2D eigenvalue weighted by Gasteiger charge is -2.28. The molecule has 1 aromatic heterocycles. The van der Waals surface area contributed by atoms with Gasteiger partial charge >= 0.3 is 0 Å². The zero-order valence-electron chi connectivity index (χ0n) is 15.5. The first-order chi connectivity index (χ1) is 12.4. The number of rotatable bonds is 3. The number of carbonyl (C=O) groups excluding carboxylic acids is 1. The van der Waals surface area contributed by atoms with Crippen molar-refractivity contribution in [2.75, 3.05) is 12.4 Å². The summed E-state index contributed by atoms with van der Waals surface area (Å²) >= 11 is 0. The molecule has 4 rings (SSSR count). The first-order valence-electron chi connectivity index (χ1n) is 8.83. The number of benzene rings is 1. The van der Waals surface area contributed by atoms with Crippen LogP contribution >= 0.6 is 0 Å². The molecule has 1 unspecified atom stereocenters. The molecule has 1 atom stereocenters. The van der Waals surface area contributed by atoms with Crippen LogP contribution in [-0.2, 0) is 10.2 Å². The molecule has 2 aliphatic rings. The van der Waals surface area contributed by atoms with Crippen molar-refractivity contribution in [3.05, 3.63) is 58.8 Å². The van der Waals surface area contributed by atoms with E-state index in [1.54, 1.807) is 7.11 Å². The molecule has 1 aliphatic carbocycles. The number of hydrogen-bond acceptors (Lipinski definition) is 3. The van der Waals surface area contributed by atoms with E-state index in [2.05, 4.69) is 48.4 Å². The van der Waals surface area contributed by atoms with Gasteiger partial charge in [-0.05, 0) is 22.6 Å². The van der Waals surface area contributed by atoms with E-state index >= 15 is 0 Å². The molecule has 26 heavy (non-hydrogen) atoms. The van der Waals surface area contributed by atoms with E-state index in [0.29, 0.717) is 12.2 Å². The molecule has 0 radical (unpaired) electrons. The van der Waals surface area contributed by atoms with Crippen LogP contribution in [0.3, 0.4) is 0 Å². The predicted octanol–water partition coefficient (Wildman–Crippen LogP) is 4.14. The van der Waals surface area contributed by atoms with E-state index in [9.17, 15) is 4.79 Å². The Morgan fingerprint density at radius 1 is 1.27 bits per heavy atom. The molecule has 2 aromatic rings. The van der Waals surface area contributed by atoms with Gasteiger partial charge in [-0.2, -0.15) is 5.10 Å². The second-order valence-corrected chi connectivity index (χ2v) is 7.85. The Morgan fingerprint density at radius 2 is 2.04 bits per heavy atom. The van der Waals surface area contributed by atoms with Gasteiger partial charge < -0.3 is 10.1 Å². The highest BCUT2D eigenvalue weighted by atomic mass is 16.5. The SMILES string of the molecule is COc1ccc(C(C)(C)C)cc1C1CC(=O)Nc2n[nH]c(C3=CC=C3)c21. The topological polar surface area (TPSA) is 67.0 Å². The summed E-state index contributed by atoms with van der Waals surface area (Å²) in [6, 6.07) is 6.28. The van der Waals surface area contributed by atoms with Gasteiger partial charge in [-0.3, -0.25) is 9.89 Å². The van der Waals surface area contributed by atoms with E-state index in [4.69, 9.17) is 4.74 Å². The number of fused-ring (bicyclic) bond motifs is 1. The first kappa shape index (κ1) is 16.6. The Labute approximate surface area is 153 Å². The maximum atomic E-state index is 12.3. The summed E-state index contributed by atoms with van der Waals surface area (Å²) in [5.41, 5.74) is 5.36. The standard InChI is InChI=1S/C21H23N3O2/c1-21(2,3)13-8-9-16(26-4)14(10-13)15-11-17(25)22-20-18(15)19(23-24-20)12-6-5-7-12/h5-10,15H,11H2,1-4H3,(H2,22,23,24,25). The summed E-state index contributed by atoms with van der Waals surface area (Å²) in [5, 5.41) is 10.3. The first-order valence-corrected chi connectivity index (χ1v) is 8.83. The number of nitrogens with zero attached hydrogens (tertiary/aromatic N) is 1. The minimum Gasteiger partial charge on any atom is -0.496 e. The molecule has 2 heterocycles. The molecule has 0 saturated carbocycles. The molecule has 0 fully saturated rings. The number of nitrogens with one attached hydrogen (secondary N) is 2. The van der Waals surface area contributed by atoms with E-state index < -0.39 is 0 Å². The number of methoxy groups -OCH3 is 1. The van der Waals surface area contributed by atoms with Crippen molar-refractivity contribution in [3.63, 3.8) is 0 Å². The van der Waals surface area contributed by atoms with Crippen molar-refractivity contribution in [2.24, 2.45) is 0 Å². The number of hydrogen-bond donors (Lipinski definition) is 2. The fourth-order valence-corrected chi connectivity index (χ4v) is 3.57. The summed E-state index contributed by atoms with van der Waals surface area (Å²) in [4.78, 5) is 12.3. The molecule has 2 N–H and O–H groups in total. The van der Waals surface area contributed by atoms with Crippen LogP contribution in [0.15, 0.2) is 36.4 Å². The Balaban J connectivity index is 1.89. The van der Waals surface area contributed by atoms with Crippen LogP contribution in [0.4, 0.5) is 5.82 Å². The number of ether oxygens (including phenoxy) is 1. The molecule has 5 heteroatoms. The number of aromatic nitrogens is 2. The molecule has 5 nitrogen and oxygen atoms in total. The lowest BCUT2D eigenvalue weighted by molar-refractivity contribution is -0.116. The molecule has 0 saturated heterocycles. The monoisotopic (exact) mass is 349 g/mol. The normalized spacial score (nSPS) is 18.7.